The second kappa shape index (κ2) is 7.88. The minimum atomic E-state index is -0.440. The molecule has 0 radical (unpaired) electrons. The number of fused-ring (bicyclic) bond motifs is 1. The molecule has 9 heteroatoms. The molecule has 0 spiro atoms. The van der Waals surface area contributed by atoms with E-state index in [1.54, 1.807) is 23.3 Å². The van der Waals surface area contributed by atoms with Crippen LogP contribution in [0.25, 0.3) is 33.4 Å². The molecule has 1 fully saturated rings. The van der Waals surface area contributed by atoms with E-state index in [9.17, 15) is 10.5 Å². The summed E-state index contributed by atoms with van der Waals surface area (Å²) in [5, 5.41) is 37.5. The van der Waals surface area contributed by atoms with E-state index in [1.807, 2.05) is 35.3 Å². The molecule has 0 aliphatic heterocycles. The Kier molecular flexibility index (Phi) is 4.89. The van der Waals surface area contributed by atoms with Gasteiger partial charge in [0, 0.05) is 35.1 Å². The van der Waals surface area contributed by atoms with E-state index < -0.39 is 5.54 Å². The van der Waals surface area contributed by atoms with Gasteiger partial charge in [-0.15, -0.1) is 0 Å². The maximum absolute atomic E-state index is 9.34. The zero-order valence-corrected chi connectivity index (χ0v) is 17.3. The molecule has 1 N–H and O–H groups in total. The largest absolute Gasteiger partial charge is 0.394 e. The van der Waals surface area contributed by atoms with E-state index in [2.05, 4.69) is 27.3 Å². The van der Waals surface area contributed by atoms with Crippen LogP contribution in [0.4, 0.5) is 0 Å². The maximum atomic E-state index is 9.34. The number of hydrogen-bond acceptors (Lipinski definition) is 7. The third kappa shape index (κ3) is 3.29. The fourth-order valence-corrected chi connectivity index (χ4v) is 4.38. The molecule has 4 heterocycles. The third-order valence-electron chi connectivity index (χ3n) is 6.04. The Morgan fingerprint density at radius 1 is 1.16 bits per heavy atom. The van der Waals surface area contributed by atoms with E-state index in [-0.39, 0.29) is 12.5 Å². The van der Waals surface area contributed by atoms with E-state index in [4.69, 9.17) is 10.1 Å². The lowest BCUT2D eigenvalue weighted by atomic mass is 9.67. The molecule has 32 heavy (non-hydrogen) atoms. The molecular weight excluding hydrogens is 404 g/mol. The van der Waals surface area contributed by atoms with Crippen LogP contribution in [0, 0.1) is 28.6 Å². The quantitative estimate of drug-likeness (QED) is 0.504. The highest BCUT2D eigenvalue weighted by atomic mass is 16.3. The van der Waals surface area contributed by atoms with Crippen molar-refractivity contribution in [3.05, 3.63) is 49.2 Å². The van der Waals surface area contributed by atoms with Crippen LogP contribution in [0.15, 0.2) is 49.2 Å². The van der Waals surface area contributed by atoms with Gasteiger partial charge >= 0.3 is 0 Å². The minimum Gasteiger partial charge on any atom is -0.394 e. The van der Waals surface area contributed by atoms with Crippen molar-refractivity contribution in [3.8, 4) is 34.7 Å². The number of nitriles is 2. The first kappa shape index (κ1) is 19.9. The van der Waals surface area contributed by atoms with Crippen molar-refractivity contribution in [1.82, 2.24) is 29.5 Å². The summed E-state index contributed by atoms with van der Waals surface area (Å²) in [6.45, 7) is 0.422. The molecule has 5 rings (SSSR count). The molecule has 0 unspecified atom stereocenters. The van der Waals surface area contributed by atoms with Gasteiger partial charge < -0.3 is 5.11 Å². The highest BCUT2D eigenvalue weighted by Gasteiger charge is 2.46. The third-order valence-corrected chi connectivity index (χ3v) is 6.04. The van der Waals surface area contributed by atoms with Crippen molar-refractivity contribution in [2.45, 2.75) is 31.3 Å². The van der Waals surface area contributed by atoms with Crippen LogP contribution in [0.5, 0.6) is 0 Å². The van der Waals surface area contributed by atoms with Crippen LogP contribution in [0.1, 0.15) is 19.3 Å². The van der Waals surface area contributed by atoms with Crippen molar-refractivity contribution in [2.75, 3.05) is 6.61 Å². The average Bonchev–Trinajstić information content (AvgIpc) is 3.46. The smallest absolute Gasteiger partial charge is 0.0835 e. The zero-order valence-electron chi connectivity index (χ0n) is 17.3. The Morgan fingerprint density at radius 2 is 2.00 bits per heavy atom. The van der Waals surface area contributed by atoms with Gasteiger partial charge in [0.05, 0.1) is 72.5 Å². The number of aliphatic hydroxyl groups is 1. The van der Waals surface area contributed by atoms with E-state index in [0.29, 0.717) is 25.8 Å². The molecule has 1 saturated carbocycles. The van der Waals surface area contributed by atoms with Crippen LogP contribution in [0.2, 0.25) is 0 Å². The molecule has 1 aliphatic carbocycles. The number of aromatic nitrogens is 6. The van der Waals surface area contributed by atoms with Gasteiger partial charge in [0.15, 0.2) is 0 Å². The number of aliphatic hydroxyl groups excluding tert-OH is 1. The van der Waals surface area contributed by atoms with Crippen LogP contribution < -0.4 is 0 Å². The molecule has 158 valence electrons. The first-order chi connectivity index (χ1) is 15.7. The van der Waals surface area contributed by atoms with Crippen molar-refractivity contribution >= 4 is 10.9 Å². The molecule has 0 amide bonds. The Hall–Kier alpha value is -4.08. The lowest BCUT2D eigenvalue weighted by molar-refractivity contribution is 0.0882. The predicted octanol–water partition coefficient (Wildman–Crippen LogP) is 2.89. The summed E-state index contributed by atoms with van der Waals surface area (Å²) in [5.74, 6) is -0.0436. The first-order valence-electron chi connectivity index (χ1n) is 10.4. The van der Waals surface area contributed by atoms with Crippen molar-refractivity contribution in [3.63, 3.8) is 0 Å². The van der Waals surface area contributed by atoms with Crippen LogP contribution in [0.3, 0.4) is 0 Å². The lowest BCUT2D eigenvalue weighted by Gasteiger charge is -2.43. The molecule has 0 aromatic carbocycles. The van der Waals surface area contributed by atoms with Crippen LogP contribution in [-0.2, 0) is 12.1 Å². The van der Waals surface area contributed by atoms with Crippen LogP contribution in [-0.4, -0.2) is 41.2 Å². The number of pyridine rings is 2. The first-order valence-corrected chi connectivity index (χ1v) is 10.4. The number of rotatable bonds is 6. The molecule has 0 saturated heterocycles. The molecule has 4 aromatic heterocycles. The summed E-state index contributed by atoms with van der Waals surface area (Å²) < 4.78 is 3.50. The molecule has 0 bridgehead atoms. The van der Waals surface area contributed by atoms with Crippen LogP contribution >= 0.6 is 0 Å². The number of nitrogens with zero attached hydrogens (tertiary/aromatic N) is 8. The van der Waals surface area contributed by atoms with E-state index in [0.717, 1.165) is 33.4 Å². The summed E-state index contributed by atoms with van der Waals surface area (Å²) in [7, 11) is 0. The fraction of sp³-hybridized carbons (Fsp3) is 0.304. The van der Waals surface area contributed by atoms with Gasteiger partial charge in [-0.3, -0.25) is 14.3 Å². The fourth-order valence-electron chi connectivity index (χ4n) is 4.38. The van der Waals surface area contributed by atoms with Gasteiger partial charge in [-0.2, -0.15) is 20.7 Å². The van der Waals surface area contributed by atoms with Gasteiger partial charge in [-0.1, -0.05) is 0 Å². The second-order valence-electron chi connectivity index (χ2n) is 8.11. The van der Waals surface area contributed by atoms with E-state index >= 15 is 0 Å². The van der Waals surface area contributed by atoms with E-state index in [1.165, 1.54) is 0 Å². The zero-order chi connectivity index (χ0) is 22.1. The summed E-state index contributed by atoms with van der Waals surface area (Å²) in [6.07, 6.45) is 10.5. The monoisotopic (exact) mass is 424 g/mol. The summed E-state index contributed by atoms with van der Waals surface area (Å²) in [4.78, 5) is 9.42. The highest BCUT2D eigenvalue weighted by molar-refractivity contribution is 5.94. The SMILES string of the molecule is N#CC[C@]1(n2cc(-c3nc(-c4cnn(CCO)c4)cc4ncccc34)cn2)C[C@@H](C#N)C1. The Bertz CT molecular complexity index is 1370. The Labute approximate surface area is 184 Å². The average molecular weight is 424 g/mol. The summed E-state index contributed by atoms with van der Waals surface area (Å²) in [5.41, 5.74) is 3.49. The number of hydrogen-bond donors (Lipinski definition) is 1. The van der Waals surface area contributed by atoms with Gasteiger partial charge in [0.2, 0.25) is 0 Å². The Morgan fingerprint density at radius 3 is 2.78 bits per heavy atom. The van der Waals surface area contributed by atoms with Gasteiger partial charge in [-0.25, -0.2) is 4.98 Å². The predicted molar refractivity (Wildman–Crippen MR) is 116 cm³/mol. The lowest BCUT2D eigenvalue weighted by Crippen LogP contribution is -2.46. The minimum absolute atomic E-state index is 0.00929. The molecule has 0 atom stereocenters. The summed E-state index contributed by atoms with van der Waals surface area (Å²) in [6, 6.07) is 10.3. The topological polar surface area (TPSA) is 129 Å². The molecular formula is C23H20N8O. The van der Waals surface area contributed by atoms with Gasteiger partial charge in [0.25, 0.3) is 0 Å². The van der Waals surface area contributed by atoms with Gasteiger partial charge in [-0.05, 0) is 31.0 Å². The van der Waals surface area contributed by atoms with Gasteiger partial charge in [0.1, 0.15) is 0 Å². The standard InChI is InChI=1S/C23H20N8O/c24-4-3-23(9-16(10-23)11-25)31-15-18(13-28-31)22-19-2-1-5-26-21(19)8-20(29-22)17-12-27-30(14-17)6-7-32/h1-2,5,8,12-16,32H,3,6-7,9-10H2/t16-,23+. The maximum Gasteiger partial charge on any atom is 0.0835 e. The second-order valence-corrected chi connectivity index (χ2v) is 8.11. The van der Waals surface area contributed by atoms with Crippen molar-refractivity contribution in [2.24, 2.45) is 5.92 Å². The van der Waals surface area contributed by atoms with Crippen molar-refractivity contribution in [1.29, 1.82) is 10.5 Å². The molecule has 4 aromatic rings. The highest BCUT2D eigenvalue weighted by Crippen LogP contribution is 2.46. The Balaban J connectivity index is 1.58. The van der Waals surface area contributed by atoms with Crippen molar-refractivity contribution < 1.29 is 5.11 Å². The normalized spacial score (nSPS) is 19.9. The molecule has 1 aliphatic rings. The summed E-state index contributed by atoms with van der Waals surface area (Å²) >= 11 is 0. The molecule has 9 nitrogen and oxygen atoms in total.